The molecule has 0 saturated heterocycles. The highest BCUT2D eigenvalue weighted by atomic mass is 31.1. The average Bonchev–Trinajstić information content (AvgIpc) is 1.90. The Hall–Kier alpha value is -0.390. The fourth-order valence-electron chi connectivity index (χ4n) is 0.614. The lowest BCUT2D eigenvalue weighted by Gasteiger charge is -2.02. The Balaban J connectivity index is 2.85. The minimum Gasteiger partial charge on any atom is -0.516 e. The maximum atomic E-state index is 9.01. The van der Waals surface area contributed by atoms with Crippen molar-refractivity contribution < 1.29 is 5.11 Å². The summed E-state index contributed by atoms with van der Waals surface area (Å²) >= 11 is 0. The van der Waals surface area contributed by atoms with E-state index in [2.05, 4.69) is 0 Å². The highest BCUT2D eigenvalue weighted by molar-refractivity contribution is 7.51. The Morgan fingerprint density at radius 3 is 2.11 bits per heavy atom. The number of aliphatic hydroxyl groups excluding tert-OH is 1. The van der Waals surface area contributed by atoms with E-state index in [1.54, 1.807) is 6.92 Å². The van der Waals surface area contributed by atoms with Gasteiger partial charge in [-0.1, -0.05) is 6.07 Å². The van der Waals surface area contributed by atoms with Crippen LogP contribution in [0.25, 0.3) is 0 Å². The summed E-state index contributed by atoms with van der Waals surface area (Å²) in [7, 11) is -0.451. The van der Waals surface area contributed by atoms with E-state index in [1.807, 2.05) is 29.8 Å². The quantitative estimate of drug-likeness (QED) is 0.594. The summed E-state index contributed by atoms with van der Waals surface area (Å²) in [4.78, 5) is 0. The molecular formula is C7H9OP. The molecule has 1 N–H and O–H groups in total. The minimum atomic E-state index is -0.451. The van der Waals surface area contributed by atoms with E-state index in [0.717, 1.165) is 0 Å². The first-order valence-electron chi connectivity index (χ1n) is 2.80. The van der Waals surface area contributed by atoms with E-state index in [9.17, 15) is 0 Å². The molecule has 2 heteroatoms. The van der Waals surface area contributed by atoms with Gasteiger partial charge in [-0.2, -0.15) is 0 Å². The molecule has 1 nitrogen and oxygen atoms in total. The van der Waals surface area contributed by atoms with Crippen molar-refractivity contribution in [3.8, 4) is 0 Å². The van der Waals surface area contributed by atoms with Crippen molar-refractivity contribution in [3.05, 3.63) is 35.6 Å². The summed E-state index contributed by atoms with van der Waals surface area (Å²) in [6.07, 6.45) is 0. The maximum absolute atomic E-state index is 9.01. The predicted octanol–water partition coefficient (Wildman–Crippen LogP) is 2.68. The molecule has 0 saturated carbocycles. The molecule has 1 aromatic heterocycles. The van der Waals surface area contributed by atoms with Crippen molar-refractivity contribution in [3.63, 3.8) is 0 Å². The van der Waals surface area contributed by atoms with E-state index in [0.29, 0.717) is 5.85 Å². The molecule has 0 atom stereocenters. The standard InChI is InChI=1S/C7H9OP/c1-7(8)9-5-3-2-4-6-9/h2-6,8H,1H3. The fourth-order valence-corrected chi connectivity index (χ4v) is 1.71. The molecule has 0 spiro atoms. The molecule has 1 aromatic rings. The largest absolute Gasteiger partial charge is 0.516 e. The van der Waals surface area contributed by atoms with Crippen molar-refractivity contribution in [2.24, 2.45) is 0 Å². The lowest BCUT2D eigenvalue weighted by atomic mass is 10.6. The smallest absolute Gasteiger partial charge is 0.0837 e. The summed E-state index contributed by atoms with van der Waals surface area (Å²) in [5.41, 5.74) is 0. The number of hydrogen-bond donors (Lipinski definition) is 1. The summed E-state index contributed by atoms with van der Waals surface area (Å²) in [6, 6.07) is 5.89. The van der Waals surface area contributed by atoms with Gasteiger partial charge in [0, 0.05) is 5.85 Å². The summed E-state index contributed by atoms with van der Waals surface area (Å²) in [6.45, 7) is 1.74. The van der Waals surface area contributed by atoms with Crippen LogP contribution < -0.4 is 0 Å². The van der Waals surface area contributed by atoms with Gasteiger partial charge < -0.3 is 5.11 Å². The Kier molecular flexibility index (Phi) is 2.21. The van der Waals surface area contributed by atoms with Gasteiger partial charge in [0.2, 0.25) is 0 Å². The predicted molar refractivity (Wildman–Crippen MR) is 39.8 cm³/mol. The molecule has 0 aliphatic carbocycles. The molecule has 48 valence electrons. The molecule has 1 rings (SSSR count). The lowest BCUT2D eigenvalue weighted by Crippen LogP contribution is -1.75. The third kappa shape index (κ3) is 1.78. The van der Waals surface area contributed by atoms with Crippen LogP contribution in [0.3, 0.4) is 0 Å². The molecule has 0 fully saturated rings. The van der Waals surface area contributed by atoms with Crippen LogP contribution >= 0.6 is 7.53 Å². The summed E-state index contributed by atoms with van der Waals surface area (Å²) in [5, 5.41) is 9.01. The molecule has 9 heavy (non-hydrogen) atoms. The van der Waals surface area contributed by atoms with Crippen molar-refractivity contribution >= 4 is 7.53 Å². The van der Waals surface area contributed by atoms with Crippen LogP contribution in [0.15, 0.2) is 29.8 Å². The van der Waals surface area contributed by atoms with Crippen LogP contribution in [0.2, 0.25) is 0 Å². The molecular weight excluding hydrogens is 131 g/mol. The zero-order valence-electron chi connectivity index (χ0n) is 5.28. The van der Waals surface area contributed by atoms with Crippen LogP contribution in [-0.4, -0.2) is 5.11 Å². The Morgan fingerprint density at radius 1 is 1.22 bits per heavy atom. The summed E-state index contributed by atoms with van der Waals surface area (Å²) < 4.78 is 0. The van der Waals surface area contributed by atoms with E-state index in [1.165, 1.54) is 0 Å². The lowest BCUT2D eigenvalue weighted by molar-refractivity contribution is 0.376. The van der Waals surface area contributed by atoms with Gasteiger partial charge in [0.15, 0.2) is 0 Å². The molecule has 0 aliphatic heterocycles. The van der Waals surface area contributed by atoms with Gasteiger partial charge in [-0.15, -0.1) is 6.92 Å². The second-order valence-electron chi connectivity index (χ2n) is 1.83. The Bertz CT molecular complexity index is 172. The first-order chi connectivity index (χ1) is 4.30. The van der Waals surface area contributed by atoms with Crippen LogP contribution in [0.5, 0.6) is 0 Å². The van der Waals surface area contributed by atoms with Crippen molar-refractivity contribution in [2.45, 2.75) is 6.92 Å². The third-order valence-corrected chi connectivity index (χ3v) is 2.82. The number of hydrogen-bond acceptors (Lipinski definition) is 1. The molecule has 0 aliphatic rings. The van der Waals surface area contributed by atoms with E-state index in [4.69, 9.17) is 5.11 Å². The van der Waals surface area contributed by atoms with Crippen LogP contribution in [0.1, 0.15) is 6.92 Å². The number of rotatable bonds is 1. The topological polar surface area (TPSA) is 20.2 Å². The molecule has 0 aromatic carbocycles. The second-order valence-corrected chi connectivity index (χ2v) is 3.89. The van der Waals surface area contributed by atoms with E-state index in [-0.39, 0.29) is 0 Å². The number of aliphatic hydroxyl groups is 1. The van der Waals surface area contributed by atoms with Gasteiger partial charge in [0.05, 0.1) is 11.6 Å². The maximum Gasteiger partial charge on any atom is 0.0837 e. The first-order valence-corrected chi connectivity index (χ1v) is 4.28. The SMILES string of the molecule is C[C-](O)[p+]1ccccc1. The molecule has 0 unspecified atom stereocenters. The summed E-state index contributed by atoms with van der Waals surface area (Å²) in [5.74, 6) is 4.56. The zero-order chi connectivity index (χ0) is 6.69. The first kappa shape index (κ1) is 6.73. The fraction of sp³-hybridized carbons (Fsp3) is 0.143. The minimum absolute atomic E-state index is 0.451. The average molecular weight is 140 g/mol. The zero-order valence-corrected chi connectivity index (χ0v) is 6.18. The van der Waals surface area contributed by atoms with Crippen molar-refractivity contribution in [2.75, 3.05) is 0 Å². The van der Waals surface area contributed by atoms with Crippen LogP contribution in [-0.2, 0) is 0 Å². The molecule has 1 heterocycles. The van der Waals surface area contributed by atoms with E-state index < -0.39 is 7.53 Å². The Morgan fingerprint density at radius 2 is 1.78 bits per heavy atom. The molecule has 0 amide bonds. The Labute approximate surface area is 56.0 Å². The molecule has 0 radical (unpaired) electrons. The van der Waals surface area contributed by atoms with Gasteiger partial charge in [0.1, 0.15) is 0 Å². The highest BCUT2D eigenvalue weighted by Crippen LogP contribution is 2.34. The second kappa shape index (κ2) is 2.95. The highest BCUT2D eigenvalue weighted by Gasteiger charge is 1.95. The van der Waals surface area contributed by atoms with E-state index >= 15 is 0 Å². The van der Waals surface area contributed by atoms with Crippen LogP contribution in [0, 0.1) is 5.85 Å². The van der Waals surface area contributed by atoms with Gasteiger partial charge in [-0.05, 0) is 19.7 Å². The van der Waals surface area contributed by atoms with Gasteiger partial charge in [-0.25, -0.2) is 0 Å². The molecule has 0 bridgehead atoms. The van der Waals surface area contributed by atoms with Crippen molar-refractivity contribution in [1.82, 2.24) is 0 Å². The third-order valence-electron chi connectivity index (χ3n) is 1.09. The normalized spacial score (nSPS) is 10.1. The van der Waals surface area contributed by atoms with Crippen LogP contribution in [0.4, 0.5) is 0 Å². The van der Waals surface area contributed by atoms with Crippen molar-refractivity contribution in [1.29, 1.82) is 0 Å². The van der Waals surface area contributed by atoms with Gasteiger partial charge in [0.25, 0.3) is 0 Å². The monoisotopic (exact) mass is 140 g/mol. The van der Waals surface area contributed by atoms with Gasteiger partial charge >= 0.3 is 0 Å². The van der Waals surface area contributed by atoms with Gasteiger partial charge in [-0.3, -0.25) is 0 Å².